The first-order chi connectivity index (χ1) is 15.4. The first-order valence-electron chi connectivity index (χ1n) is 10.4. The second-order valence-electron chi connectivity index (χ2n) is 7.77. The molecule has 0 aliphatic rings. The lowest BCUT2D eigenvalue weighted by atomic mass is 10.1. The average Bonchev–Trinajstić information content (AvgIpc) is 3.09. The van der Waals surface area contributed by atoms with E-state index in [9.17, 15) is 9.90 Å². The normalized spacial score (nSPS) is 11.8. The number of carboxylic acid groups (broad SMARTS) is 1. The molecule has 4 aromatic rings. The molecule has 0 saturated heterocycles. The summed E-state index contributed by atoms with van der Waals surface area (Å²) in [7, 11) is 0. The summed E-state index contributed by atoms with van der Waals surface area (Å²) in [6.07, 6.45) is -0.637. The first kappa shape index (κ1) is 21.9. The Labute approximate surface area is 196 Å². The number of aromatic nitrogens is 1. The maximum absolute atomic E-state index is 11.7. The molecule has 5 heteroatoms. The summed E-state index contributed by atoms with van der Waals surface area (Å²) < 4.78 is 9.08. The third-order valence-corrected chi connectivity index (χ3v) is 6.08. The predicted octanol–water partition coefficient (Wildman–Crippen LogP) is 6.60. The van der Waals surface area contributed by atoms with E-state index in [1.54, 1.807) is 0 Å². The highest BCUT2D eigenvalue weighted by Gasteiger charge is 2.20. The molecule has 4 nitrogen and oxygen atoms in total. The molecule has 0 radical (unpaired) electrons. The fourth-order valence-corrected chi connectivity index (χ4v) is 4.01. The number of aliphatic carboxylic acids is 1. The van der Waals surface area contributed by atoms with Crippen molar-refractivity contribution in [3.05, 3.63) is 106 Å². The molecule has 0 fully saturated rings. The quantitative estimate of drug-likeness (QED) is 0.318. The first-order valence-corrected chi connectivity index (χ1v) is 11.2. The molecule has 1 atom stereocenters. The Bertz CT molecular complexity index is 1210. The van der Waals surface area contributed by atoms with Crippen LogP contribution < -0.4 is 4.74 Å². The Balaban J connectivity index is 1.59. The molecule has 0 amide bonds. The number of ether oxygens (including phenoxy) is 1. The summed E-state index contributed by atoms with van der Waals surface area (Å²) >= 11 is 3.50. The van der Waals surface area contributed by atoms with Crippen LogP contribution in [0.3, 0.4) is 0 Å². The fraction of sp³-hybridized carbons (Fsp3) is 0.148. The minimum atomic E-state index is -0.978. The van der Waals surface area contributed by atoms with Crippen molar-refractivity contribution in [3.63, 3.8) is 0 Å². The molecular formula is C27H24BrNO3. The van der Waals surface area contributed by atoms with E-state index in [-0.39, 0.29) is 0 Å². The van der Waals surface area contributed by atoms with Crippen molar-refractivity contribution in [2.24, 2.45) is 0 Å². The molecule has 162 valence electrons. The molecule has 0 aliphatic carbocycles. The van der Waals surface area contributed by atoms with Crippen LogP contribution in [-0.4, -0.2) is 21.7 Å². The van der Waals surface area contributed by atoms with Gasteiger partial charge in [0.2, 0.25) is 0 Å². The number of hydrogen-bond donors (Lipinski definition) is 1. The Morgan fingerprint density at radius 3 is 2.25 bits per heavy atom. The van der Waals surface area contributed by atoms with Gasteiger partial charge in [-0.15, -0.1) is 0 Å². The summed E-state index contributed by atoms with van der Waals surface area (Å²) in [6, 6.07) is 27.5. The molecule has 0 saturated carbocycles. The molecule has 1 heterocycles. The topological polar surface area (TPSA) is 51.5 Å². The monoisotopic (exact) mass is 489 g/mol. The number of carbonyl (C=O) groups is 1. The predicted molar refractivity (Wildman–Crippen MR) is 131 cm³/mol. The molecule has 0 aliphatic heterocycles. The smallest absolute Gasteiger partial charge is 0.345 e. The Kier molecular flexibility index (Phi) is 6.47. The second-order valence-corrected chi connectivity index (χ2v) is 8.68. The highest BCUT2D eigenvalue weighted by molar-refractivity contribution is 9.10. The van der Waals surface area contributed by atoms with E-state index in [4.69, 9.17) is 4.74 Å². The van der Waals surface area contributed by atoms with Crippen molar-refractivity contribution >= 4 is 21.9 Å². The van der Waals surface area contributed by atoms with Gasteiger partial charge >= 0.3 is 5.97 Å². The lowest BCUT2D eigenvalue weighted by Gasteiger charge is -2.16. The van der Waals surface area contributed by atoms with E-state index in [2.05, 4.69) is 52.5 Å². The van der Waals surface area contributed by atoms with Gasteiger partial charge in [-0.2, -0.15) is 0 Å². The summed E-state index contributed by atoms with van der Waals surface area (Å²) in [4.78, 5) is 11.7. The van der Waals surface area contributed by atoms with Crippen LogP contribution in [0.25, 0.3) is 16.9 Å². The lowest BCUT2D eigenvalue weighted by Crippen LogP contribution is -2.29. The number of carboxylic acids is 1. The van der Waals surface area contributed by atoms with Crippen LogP contribution in [0.4, 0.5) is 0 Å². The number of halogens is 1. The standard InChI is InChI=1S/C27H24BrNO3/c1-18-16-25(29(19(18)2)23-12-10-22(28)11-13-23)21-8-14-24(15-9-21)32-26(27(30)31)17-20-6-4-3-5-7-20/h3-16,26H,17H2,1-2H3,(H,30,31)/t26-/m1/s1. The van der Waals surface area contributed by atoms with Crippen molar-refractivity contribution in [1.82, 2.24) is 4.57 Å². The summed E-state index contributed by atoms with van der Waals surface area (Å²) in [5.74, 6) is -0.444. The number of benzene rings is 3. The molecule has 0 unspecified atom stereocenters. The Hall–Kier alpha value is -3.31. The highest BCUT2D eigenvalue weighted by Crippen LogP contribution is 2.31. The van der Waals surface area contributed by atoms with Crippen LogP contribution in [0, 0.1) is 13.8 Å². The fourth-order valence-electron chi connectivity index (χ4n) is 3.74. The zero-order valence-corrected chi connectivity index (χ0v) is 19.5. The van der Waals surface area contributed by atoms with Crippen molar-refractivity contribution in [2.75, 3.05) is 0 Å². The van der Waals surface area contributed by atoms with Gasteiger partial charge in [-0.25, -0.2) is 4.79 Å². The van der Waals surface area contributed by atoms with E-state index in [1.807, 2.05) is 66.7 Å². The molecule has 0 bridgehead atoms. The van der Waals surface area contributed by atoms with Crippen LogP contribution in [-0.2, 0) is 11.2 Å². The van der Waals surface area contributed by atoms with Gasteiger partial charge < -0.3 is 14.4 Å². The lowest BCUT2D eigenvalue weighted by molar-refractivity contribution is -0.145. The number of rotatable bonds is 7. The van der Waals surface area contributed by atoms with E-state index in [0.717, 1.165) is 27.0 Å². The van der Waals surface area contributed by atoms with Crippen LogP contribution in [0.5, 0.6) is 5.75 Å². The van der Waals surface area contributed by atoms with Crippen molar-refractivity contribution < 1.29 is 14.6 Å². The van der Waals surface area contributed by atoms with Gasteiger partial charge in [0, 0.05) is 22.3 Å². The van der Waals surface area contributed by atoms with E-state index in [1.165, 1.54) is 11.3 Å². The van der Waals surface area contributed by atoms with Gasteiger partial charge in [-0.3, -0.25) is 0 Å². The van der Waals surface area contributed by atoms with Crippen molar-refractivity contribution in [2.45, 2.75) is 26.4 Å². The van der Waals surface area contributed by atoms with Gasteiger partial charge in [-0.1, -0.05) is 46.3 Å². The van der Waals surface area contributed by atoms with Crippen LogP contribution >= 0.6 is 15.9 Å². The minimum absolute atomic E-state index is 0.308. The minimum Gasteiger partial charge on any atom is -0.478 e. The summed E-state index contributed by atoms with van der Waals surface area (Å²) in [6.45, 7) is 4.21. The van der Waals surface area contributed by atoms with Crippen molar-refractivity contribution in [3.8, 4) is 22.7 Å². The molecule has 4 rings (SSSR count). The van der Waals surface area contributed by atoms with Crippen molar-refractivity contribution in [1.29, 1.82) is 0 Å². The van der Waals surface area contributed by atoms with Gasteiger partial charge in [0.1, 0.15) is 5.75 Å². The number of nitrogens with zero attached hydrogens (tertiary/aromatic N) is 1. The number of hydrogen-bond acceptors (Lipinski definition) is 2. The van der Waals surface area contributed by atoms with E-state index in [0.29, 0.717) is 12.2 Å². The van der Waals surface area contributed by atoms with E-state index >= 15 is 0 Å². The zero-order valence-electron chi connectivity index (χ0n) is 18.0. The molecule has 32 heavy (non-hydrogen) atoms. The largest absolute Gasteiger partial charge is 0.478 e. The zero-order chi connectivity index (χ0) is 22.7. The second kappa shape index (κ2) is 9.45. The third-order valence-electron chi connectivity index (χ3n) is 5.55. The van der Waals surface area contributed by atoms with Crippen LogP contribution in [0.15, 0.2) is 89.4 Å². The van der Waals surface area contributed by atoms with Crippen LogP contribution in [0.1, 0.15) is 16.8 Å². The molecule has 0 spiro atoms. The average molecular weight is 490 g/mol. The number of aryl methyl sites for hydroxylation is 1. The van der Waals surface area contributed by atoms with E-state index < -0.39 is 12.1 Å². The van der Waals surface area contributed by atoms with Gasteiger partial charge in [0.25, 0.3) is 0 Å². The summed E-state index contributed by atoms with van der Waals surface area (Å²) in [5, 5.41) is 9.61. The van der Waals surface area contributed by atoms with Crippen LogP contribution in [0.2, 0.25) is 0 Å². The van der Waals surface area contributed by atoms with Gasteiger partial charge in [-0.05, 0) is 85.1 Å². The van der Waals surface area contributed by atoms with Gasteiger partial charge in [0.15, 0.2) is 6.10 Å². The summed E-state index contributed by atoms with van der Waals surface area (Å²) in [5.41, 5.74) is 6.51. The molecule has 3 aromatic carbocycles. The Morgan fingerprint density at radius 2 is 1.62 bits per heavy atom. The SMILES string of the molecule is Cc1cc(-c2ccc(O[C@H](Cc3ccccc3)C(=O)O)cc2)n(-c2ccc(Br)cc2)c1C. The highest BCUT2D eigenvalue weighted by atomic mass is 79.9. The molecule has 1 N–H and O–H groups in total. The molecule has 1 aromatic heterocycles. The van der Waals surface area contributed by atoms with Gasteiger partial charge in [0.05, 0.1) is 5.69 Å². The Morgan fingerprint density at radius 1 is 0.969 bits per heavy atom. The molecular weight excluding hydrogens is 466 g/mol. The maximum atomic E-state index is 11.7. The third kappa shape index (κ3) is 4.78. The maximum Gasteiger partial charge on any atom is 0.345 e.